The predicted molar refractivity (Wildman–Crippen MR) is 94.1 cm³/mol. The standard InChI is InChI=1S/C15H18N4O4S2/c1-4-18(5-2)25(22,23)12-6-7-14(13(10-12)19(20)21)24-15-16-9-8-11(3)17-15/h6-10H,4-5H2,1-3H3. The van der Waals surface area contributed by atoms with Crippen molar-refractivity contribution in [3.63, 3.8) is 0 Å². The van der Waals surface area contributed by atoms with Gasteiger partial charge in [0.25, 0.3) is 5.69 Å². The topological polar surface area (TPSA) is 106 Å². The smallest absolute Gasteiger partial charge is 0.258 e. The molecule has 0 spiro atoms. The van der Waals surface area contributed by atoms with E-state index in [9.17, 15) is 18.5 Å². The number of hydrogen-bond donors (Lipinski definition) is 0. The summed E-state index contributed by atoms with van der Waals surface area (Å²) < 4.78 is 26.4. The normalized spacial score (nSPS) is 11.7. The number of nitrogens with zero attached hydrogens (tertiary/aromatic N) is 4. The zero-order valence-electron chi connectivity index (χ0n) is 14.0. The molecule has 0 aliphatic carbocycles. The lowest BCUT2D eigenvalue weighted by Crippen LogP contribution is -2.30. The van der Waals surface area contributed by atoms with Gasteiger partial charge in [-0.1, -0.05) is 13.8 Å². The Morgan fingerprint density at radius 1 is 1.24 bits per heavy atom. The minimum atomic E-state index is -3.77. The van der Waals surface area contributed by atoms with Gasteiger partial charge in [0.2, 0.25) is 10.0 Å². The second-order valence-corrected chi connectivity index (χ2v) is 8.01. The number of benzene rings is 1. The highest BCUT2D eigenvalue weighted by Gasteiger charge is 2.26. The highest BCUT2D eigenvalue weighted by atomic mass is 32.2. The SMILES string of the molecule is CCN(CC)S(=O)(=O)c1ccc(Sc2nccc(C)n2)c([N+](=O)[O-])c1. The third-order valence-corrected chi connectivity index (χ3v) is 6.43. The number of aromatic nitrogens is 2. The van der Waals surface area contributed by atoms with Crippen LogP contribution in [0.1, 0.15) is 19.5 Å². The lowest BCUT2D eigenvalue weighted by atomic mass is 10.3. The van der Waals surface area contributed by atoms with Gasteiger partial charge in [-0.15, -0.1) is 0 Å². The van der Waals surface area contributed by atoms with E-state index in [1.807, 2.05) is 0 Å². The predicted octanol–water partition coefficient (Wildman–Crippen LogP) is 2.87. The Balaban J connectivity index is 2.46. The van der Waals surface area contributed by atoms with Crippen molar-refractivity contribution in [2.45, 2.75) is 35.7 Å². The molecular weight excluding hydrogens is 364 g/mol. The maximum Gasteiger partial charge on any atom is 0.284 e. The maximum absolute atomic E-state index is 12.6. The fraction of sp³-hybridized carbons (Fsp3) is 0.333. The highest BCUT2D eigenvalue weighted by Crippen LogP contribution is 2.35. The van der Waals surface area contributed by atoms with E-state index in [2.05, 4.69) is 9.97 Å². The average Bonchev–Trinajstić information content (AvgIpc) is 2.55. The van der Waals surface area contributed by atoms with E-state index in [0.29, 0.717) is 18.2 Å². The summed E-state index contributed by atoms with van der Waals surface area (Å²) >= 11 is 1.02. The first kappa shape index (κ1) is 19.3. The van der Waals surface area contributed by atoms with Crippen molar-refractivity contribution in [2.24, 2.45) is 0 Å². The Morgan fingerprint density at radius 2 is 1.92 bits per heavy atom. The zero-order chi connectivity index (χ0) is 18.6. The molecule has 0 N–H and O–H groups in total. The summed E-state index contributed by atoms with van der Waals surface area (Å²) in [6, 6.07) is 5.60. The minimum absolute atomic E-state index is 0.0996. The summed E-state index contributed by atoms with van der Waals surface area (Å²) in [5.74, 6) is 0. The van der Waals surface area contributed by atoms with Crippen LogP contribution in [0.3, 0.4) is 0 Å². The Labute approximate surface area is 150 Å². The van der Waals surface area contributed by atoms with E-state index in [0.717, 1.165) is 23.5 Å². The van der Waals surface area contributed by atoms with E-state index in [1.54, 1.807) is 33.0 Å². The van der Waals surface area contributed by atoms with Gasteiger partial charge in [0.05, 0.1) is 14.7 Å². The van der Waals surface area contributed by atoms with Crippen LogP contribution in [0.15, 0.2) is 45.4 Å². The zero-order valence-corrected chi connectivity index (χ0v) is 15.7. The number of nitro groups is 1. The quantitative estimate of drug-likeness (QED) is 0.412. The molecule has 0 unspecified atom stereocenters. The van der Waals surface area contributed by atoms with Crippen molar-refractivity contribution in [1.29, 1.82) is 0 Å². The summed E-state index contributed by atoms with van der Waals surface area (Å²) in [7, 11) is -3.77. The van der Waals surface area contributed by atoms with Crippen LogP contribution in [0.4, 0.5) is 5.69 Å². The first-order chi connectivity index (χ1) is 11.8. The summed E-state index contributed by atoms with van der Waals surface area (Å²) in [6.45, 7) is 5.81. The first-order valence-corrected chi connectivity index (χ1v) is 9.81. The van der Waals surface area contributed by atoms with Crippen LogP contribution >= 0.6 is 11.8 Å². The van der Waals surface area contributed by atoms with Crippen LogP contribution in [0.2, 0.25) is 0 Å². The van der Waals surface area contributed by atoms with E-state index in [-0.39, 0.29) is 15.5 Å². The molecule has 10 heteroatoms. The number of hydrogen-bond acceptors (Lipinski definition) is 7. The summed E-state index contributed by atoms with van der Waals surface area (Å²) in [5.41, 5.74) is 0.448. The Bertz CT molecular complexity index is 883. The molecule has 8 nitrogen and oxygen atoms in total. The minimum Gasteiger partial charge on any atom is -0.258 e. The van der Waals surface area contributed by atoms with Crippen LogP contribution < -0.4 is 0 Å². The molecule has 0 radical (unpaired) electrons. The van der Waals surface area contributed by atoms with Gasteiger partial charge in [-0.05, 0) is 36.9 Å². The van der Waals surface area contributed by atoms with E-state index < -0.39 is 14.9 Å². The van der Waals surface area contributed by atoms with Crippen LogP contribution in [0, 0.1) is 17.0 Å². The Kier molecular flexibility index (Phi) is 6.09. The van der Waals surface area contributed by atoms with E-state index in [4.69, 9.17) is 0 Å². The molecule has 1 aromatic carbocycles. The Morgan fingerprint density at radius 3 is 2.48 bits per heavy atom. The molecular formula is C15H18N4O4S2. The van der Waals surface area contributed by atoms with Crippen molar-refractivity contribution in [2.75, 3.05) is 13.1 Å². The molecule has 0 bridgehead atoms. The lowest BCUT2D eigenvalue weighted by molar-refractivity contribution is -0.388. The van der Waals surface area contributed by atoms with Crippen LogP contribution in [-0.2, 0) is 10.0 Å². The number of aryl methyl sites for hydroxylation is 1. The molecule has 25 heavy (non-hydrogen) atoms. The van der Waals surface area contributed by atoms with Gasteiger partial charge in [0, 0.05) is 31.0 Å². The Hall–Kier alpha value is -2.04. The molecule has 0 amide bonds. The molecule has 1 heterocycles. The maximum atomic E-state index is 12.6. The molecule has 1 aromatic heterocycles. The van der Waals surface area contributed by atoms with Gasteiger partial charge in [0.15, 0.2) is 5.16 Å². The van der Waals surface area contributed by atoms with Crippen molar-refractivity contribution in [1.82, 2.24) is 14.3 Å². The fourth-order valence-corrected chi connectivity index (χ4v) is 4.53. The molecule has 0 fully saturated rings. The van der Waals surface area contributed by atoms with Gasteiger partial charge in [-0.3, -0.25) is 10.1 Å². The van der Waals surface area contributed by atoms with E-state index in [1.165, 1.54) is 16.4 Å². The molecule has 0 saturated carbocycles. The molecule has 0 aliphatic heterocycles. The van der Waals surface area contributed by atoms with Gasteiger partial charge in [0.1, 0.15) is 0 Å². The first-order valence-electron chi connectivity index (χ1n) is 7.55. The fourth-order valence-electron chi connectivity index (χ4n) is 2.17. The number of sulfonamides is 1. The molecule has 0 aliphatic rings. The lowest BCUT2D eigenvalue weighted by Gasteiger charge is -2.18. The number of nitro benzene ring substituents is 1. The van der Waals surface area contributed by atoms with Gasteiger partial charge >= 0.3 is 0 Å². The third kappa shape index (κ3) is 4.33. The van der Waals surface area contributed by atoms with Crippen LogP contribution in [-0.4, -0.2) is 40.7 Å². The van der Waals surface area contributed by atoms with Crippen molar-refractivity contribution >= 4 is 27.5 Å². The summed E-state index contributed by atoms with van der Waals surface area (Å²) in [4.78, 5) is 19.3. The third-order valence-electron chi connectivity index (χ3n) is 3.44. The van der Waals surface area contributed by atoms with E-state index >= 15 is 0 Å². The molecule has 0 atom stereocenters. The van der Waals surface area contributed by atoms with Crippen molar-refractivity contribution in [3.05, 3.63) is 46.3 Å². The van der Waals surface area contributed by atoms with Crippen molar-refractivity contribution in [3.8, 4) is 0 Å². The molecule has 0 saturated heterocycles. The average molecular weight is 382 g/mol. The van der Waals surface area contributed by atoms with Gasteiger partial charge in [-0.2, -0.15) is 4.31 Å². The van der Waals surface area contributed by atoms with Gasteiger partial charge < -0.3 is 0 Å². The van der Waals surface area contributed by atoms with Crippen LogP contribution in [0.25, 0.3) is 0 Å². The number of rotatable bonds is 7. The molecule has 134 valence electrons. The van der Waals surface area contributed by atoms with Gasteiger partial charge in [-0.25, -0.2) is 18.4 Å². The van der Waals surface area contributed by atoms with Crippen molar-refractivity contribution < 1.29 is 13.3 Å². The molecule has 2 aromatic rings. The largest absolute Gasteiger partial charge is 0.284 e. The van der Waals surface area contributed by atoms with Crippen LogP contribution in [0.5, 0.6) is 0 Å². The second-order valence-electron chi connectivity index (χ2n) is 5.06. The summed E-state index contributed by atoms with van der Waals surface area (Å²) in [5, 5.41) is 11.8. The second kappa shape index (κ2) is 7.89. The monoisotopic (exact) mass is 382 g/mol. The highest BCUT2D eigenvalue weighted by molar-refractivity contribution is 7.99. The molecule has 2 rings (SSSR count). The summed E-state index contributed by atoms with van der Waals surface area (Å²) in [6.07, 6.45) is 1.57.